The molecule has 4 aromatic rings. The fourth-order valence-electron chi connectivity index (χ4n) is 8.43. The van der Waals surface area contributed by atoms with E-state index in [1.54, 1.807) is 42.5 Å². The highest BCUT2D eigenvalue weighted by atomic mass is 35.5. The van der Waals surface area contributed by atoms with Crippen LogP contribution in [-0.4, -0.2) is 119 Å². The van der Waals surface area contributed by atoms with Gasteiger partial charge >= 0.3 is 0 Å². The number of halogens is 1. The molecule has 0 aliphatic carbocycles. The van der Waals surface area contributed by atoms with Gasteiger partial charge in [0, 0.05) is 48.8 Å². The summed E-state index contributed by atoms with van der Waals surface area (Å²) in [4.78, 5) is 99.4. The van der Waals surface area contributed by atoms with E-state index in [0.29, 0.717) is 49.4 Å². The van der Waals surface area contributed by atoms with Crippen LogP contribution in [0.25, 0.3) is 22.3 Å². The predicted octanol–water partition coefficient (Wildman–Crippen LogP) is 3.30. The average Bonchev–Trinajstić information content (AvgIpc) is 3.81. The van der Waals surface area contributed by atoms with Crippen LogP contribution in [0.3, 0.4) is 0 Å². The van der Waals surface area contributed by atoms with E-state index in [-0.39, 0.29) is 52.5 Å². The Bertz CT molecular complexity index is 2500. The third-order valence-electron chi connectivity index (χ3n) is 12.2. The number of fused-ring (bicyclic) bond motifs is 5. The zero-order chi connectivity index (χ0) is 48.5. The highest BCUT2D eigenvalue weighted by Crippen LogP contribution is 2.39. The highest BCUT2D eigenvalue weighted by Gasteiger charge is 2.38. The number of amides is 7. The Hall–Kier alpha value is -6.98. The molecule has 1 fully saturated rings. The van der Waals surface area contributed by atoms with Crippen molar-refractivity contribution in [3.8, 4) is 33.8 Å². The minimum absolute atomic E-state index is 0.0935. The molecule has 17 nitrogen and oxygen atoms in total. The Labute approximate surface area is 393 Å². The third-order valence-corrected chi connectivity index (χ3v) is 12.4. The first-order valence-corrected chi connectivity index (χ1v) is 22.6. The van der Waals surface area contributed by atoms with E-state index in [1.165, 1.54) is 63.2 Å². The van der Waals surface area contributed by atoms with Gasteiger partial charge in [-0.25, -0.2) is 0 Å². The Kier molecular flexibility index (Phi) is 16.2. The second-order valence-electron chi connectivity index (χ2n) is 16.9. The summed E-state index contributed by atoms with van der Waals surface area (Å²) in [6, 6.07) is 15.7. The van der Waals surface area contributed by atoms with Crippen molar-refractivity contribution < 1.29 is 43.8 Å². The monoisotopic (exact) mass is 936 g/mol. The standard InChI is InChI=1S/C49H57ClN8O9/c1-27-43(61)56-38(45(63)54-28(2)48(66)58-23-7-9-39(58)46(64)52-3)25-29-10-20-40(59)35(24-29)36-26-33(17-21-41(36)60)42(47(65)53-27)57(4)49(67)37(8-5-6-22-51)55-44(62)32-13-11-30(12-14-32)31-15-18-34(50)19-16-31/h10-21,24,26-28,37-39,42,59-60H,5-9,22-23,25,51H2,1-4H3,(H,52,64)(H,53,65)(H,54,63)(H,55,62)(H,56,61)/t27-,28-,37-,38-,39-,42-/m0/s1. The normalized spacial score (nSPS) is 19.2. The molecule has 0 spiro atoms. The van der Waals surface area contributed by atoms with Gasteiger partial charge < -0.3 is 52.3 Å². The Morgan fingerprint density at radius 2 is 1.49 bits per heavy atom. The molecule has 7 amide bonds. The van der Waals surface area contributed by atoms with Gasteiger partial charge in [0.15, 0.2) is 0 Å². The summed E-state index contributed by atoms with van der Waals surface area (Å²) in [6.07, 6.45) is 2.11. The molecule has 18 heteroatoms. The van der Waals surface area contributed by atoms with Gasteiger partial charge in [0.25, 0.3) is 5.91 Å². The SMILES string of the molecule is CNC(=O)[C@@H]1CCCN1C(=O)[C@H](C)NC(=O)[C@@H]1Cc2ccc(O)c(c2)-c2cc(ccc2O)[C@H](N(C)C(=O)[C@H](CCCCN)NC(=O)c2ccc(-c3ccc(Cl)cc3)cc2)C(=O)N[C@@H](C)C(=O)N1. The van der Waals surface area contributed by atoms with Crippen molar-refractivity contribution in [1.29, 1.82) is 0 Å². The first kappa shape index (κ1) is 49.5. The van der Waals surface area contributed by atoms with E-state index in [0.717, 1.165) is 16.0 Å². The van der Waals surface area contributed by atoms with E-state index in [1.807, 2.05) is 12.1 Å². The van der Waals surface area contributed by atoms with Crippen LogP contribution in [0.15, 0.2) is 84.9 Å². The number of rotatable bonds is 13. The van der Waals surface area contributed by atoms with Crippen molar-refractivity contribution in [1.82, 2.24) is 36.4 Å². The quantitative estimate of drug-likeness (QED) is 0.0909. The van der Waals surface area contributed by atoms with Crippen LogP contribution >= 0.6 is 11.6 Å². The third kappa shape index (κ3) is 11.7. The van der Waals surface area contributed by atoms with E-state index < -0.39 is 71.7 Å². The zero-order valence-electron chi connectivity index (χ0n) is 37.8. The predicted molar refractivity (Wildman–Crippen MR) is 251 cm³/mol. The number of hydrogen-bond acceptors (Lipinski definition) is 10. The molecular weight excluding hydrogens is 880 g/mol. The topological polar surface area (TPSA) is 253 Å². The summed E-state index contributed by atoms with van der Waals surface area (Å²) in [5.41, 5.74) is 8.67. The second kappa shape index (κ2) is 22.0. The molecule has 6 atom stereocenters. The van der Waals surface area contributed by atoms with Crippen LogP contribution in [0.4, 0.5) is 0 Å². The molecule has 2 aliphatic heterocycles. The van der Waals surface area contributed by atoms with Crippen LogP contribution in [-0.2, 0) is 35.2 Å². The van der Waals surface area contributed by atoms with Crippen LogP contribution < -0.4 is 32.3 Å². The van der Waals surface area contributed by atoms with Gasteiger partial charge in [-0.1, -0.05) is 48.0 Å². The van der Waals surface area contributed by atoms with Crippen LogP contribution in [0.1, 0.15) is 73.5 Å². The van der Waals surface area contributed by atoms with E-state index in [2.05, 4.69) is 26.6 Å². The smallest absolute Gasteiger partial charge is 0.251 e. The fourth-order valence-corrected chi connectivity index (χ4v) is 8.56. The Morgan fingerprint density at radius 3 is 2.15 bits per heavy atom. The number of nitrogens with zero attached hydrogens (tertiary/aromatic N) is 2. The molecule has 67 heavy (non-hydrogen) atoms. The summed E-state index contributed by atoms with van der Waals surface area (Å²) < 4.78 is 0. The van der Waals surface area contributed by atoms with Crippen LogP contribution in [0.5, 0.6) is 11.5 Å². The largest absolute Gasteiger partial charge is 0.507 e. The number of likely N-dealkylation sites (N-methyl/N-ethyl adjacent to an activating group) is 2. The maximum absolute atomic E-state index is 14.6. The first-order valence-electron chi connectivity index (χ1n) is 22.2. The van der Waals surface area contributed by atoms with Crippen molar-refractivity contribution in [2.24, 2.45) is 5.73 Å². The minimum Gasteiger partial charge on any atom is -0.507 e. The molecule has 0 radical (unpaired) electrons. The van der Waals surface area contributed by atoms with Gasteiger partial charge in [0.05, 0.1) is 0 Å². The lowest BCUT2D eigenvalue weighted by Crippen LogP contribution is -2.58. The van der Waals surface area contributed by atoms with Gasteiger partial charge in [0.1, 0.15) is 47.8 Å². The average molecular weight is 937 g/mol. The van der Waals surface area contributed by atoms with E-state index in [9.17, 15) is 43.8 Å². The number of likely N-dealkylation sites (tertiary alicyclic amines) is 1. The van der Waals surface area contributed by atoms with Crippen molar-refractivity contribution in [2.75, 3.05) is 27.2 Å². The van der Waals surface area contributed by atoms with E-state index in [4.69, 9.17) is 17.3 Å². The molecule has 6 rings (SSSR count). The highest BCUT2D eigenvalue weighted by molar-refractivity contribution is 6.30. The number of nitrogens with one attached hydrogen (secondary N) is 5. The molecule has 2 heterocycles. The fraction of sp³-hybridized carbons (Fsp3) is 0.367. The number of benzene rings is 4. The molecule has 9 N–H and O–H groups in total. The summed E-state index contributed by atoms with van der Waals surface area (Å²) in [5.74, 6) is -4.83. The lowest BCUT2D eigenvalue weighted by molar-refractivity contribution is -0.142. The first-order chi connectivity index (χ1) is 32.0. The summed E-state index contributed by atoms with van der Waals surface area (Å²) >= 11 is 6.05. The number of phenols is 2. The molecular formula is C49H57ClN8O9. The lowest BCUT2D eigenvalue weighted by atomic mass is 9.93. The van der Waals surface area contributed by atoms with Crippen molar-refractivity contribution in [3.05, 3.63) is 107 Å². The maximum atomic E-state index is 14.6. The Balaban J connectivity index is 1.29. The number of carbonyl (C=O) groups excluding carboxylic acids is 7. The maximum Gasteiger partial charge on any atom is 0.251 e. The number of nitrogens with two attached hydrogens (primary N) is 1. The molecule has 0 aromatic heterocycles. The molecule has 1 saturated heterocycles. The minimum atomic E-state index is -1.46. The van der Waals surface area contributed by atoms with Gasteiger partial charge in [-0.05, 0) is 123 Å². The molecule has 0 unspecified atom stereocenters. The molecule has 0 saturated carbocycles. The lowest BCUT2D eigenvalue weighted by Gasteiger charge is -2.32. The number of carbonyl (C=O) groups is 7. The van der Waals surface area contributed by atoms with Gasteiger partial charge in [0.2, 0.25) is 35.4 Å². The van der Waals surface area contributed by atoms with Crippen molar-refractivity contribution in [3.63, 3.8) is 0 Å². The van der Waals surface area contributed by atoms with Crippen molar-refractivity contribution in [2.45, 2.75) is 88.6 Å². The molecule has 354 valence electrons. The van der Waals surface area contributed by atoms with Crippen molar-refractivity contribution >= 4 is 53.0 Å². The Morgan fingerprint density at radius 1 is 0.851 bits per heavy atom. The number of unbranched alkanes of at least 4 members (excludes halogenated alkanes) is 1. The molecule has 4 aromatic carbocycles. The van der Waals surface area contributed by atoms with Crippen LogP contribution in [0, 0.1) is 0 Å². The summed E-state index contributed by atoms with van der Waals surface area (Å²) in [6.45, 7) is 3.55. The second-order valence-corrected chi connectivity index (χ2v) is 17.3. The van der Waals surface area contributed by atoms with Crippen LogP contribution in [0.2, 0.25) is 5.02 Å². The zero-order valence-corrected chi connectivity index (χ0v) is 38.6. The number of hydrogen-bond donors (Lipinski definition) is 8. The molecule has 2 aliphatic rings. The van der Waals surface area contributed by atoms with Gasteiger partial charge in [-0.15, -0.1) is 0 Å². The summed E-state index contributed by atoms with van der Waals surface area (Å²) in [5, 5.41) is 36.4. The van der Waals surface area contributed by atoms with Gasteiger partial charge in [-0.3, -0.25) is 33.6 Å². The summed E-state index contributed by atoms with van der Waals surface area (Å²) in [7, 11) is 2.87. The molecule has 4 bridgehead atoms. The number of phenolic OH excluding ortho intramolecular Hbond substituents is 2. The van der Waals surface area contributed by atoms with E-state index >= 15 is 0 Å². The van der Waals surface area contributed by atoms with Gasteiger partial charge in [-0.2, -0.15) is 0 Å². The number of aromatic hydroxyl groups is 2.